The van der Waals surface area contributed by atoms with Gasteiger partial charge in [-0.25, -0.2) is 0 Å². The van der Waals surface area contributed by atoms with Crippen molar-refractivity contribution in [3.05, 3.63) is 101 Å². The molecule has 1 N–H and O–H groups in total. The highest BCUT2D eigenvalue weighted by atomic mass is 35.5. The molecule has 0 aromatic heterocycles. The summed E-state index contributed by atoms with van der Waals surface area (Å²) in [4.78, 5) is 27.4. The molecule has 150 valence electrons. The summed E-state index contributed by atoms with van der Waals surface area (Å²) in [5.74, 6) is -1.04. The third-order valence-corrected chi connectivity index (χ3v) is 5.28. The van der Waals surface area contributed by atoms with Crippen molar-refractivity contribution in [3.63, 3.8) is 0 Å². The molecule has 0 radical (unpaired) electrons. The number of amides is 1. The SMILES string of the molecule is COc1ccc(C2C(=C(O)c3ccc(Cl)cc3)C(=O)C(=O)N2c2ccccc2)cc1. The molecule has 30 heavy (non-hydrogen) atoms. The van der Waals surface area contributed by atoms with Crippen LogP contribution in [0.15, 0.2) is 84.4 Å². The van der Waals surface area contributed by atoms with E-state index in [9.17, 15) is 14.7 Å². The van der Waals surface area contributed by atoms with Gasteiger partial charge in [-0.05, 0) is 54.1 Å². The van der Waals surface area contributed by atoms with Gasteiger partial charge in [-0.1, -0.05) is 41.9 Å². The van der Waals surface area contributed by atoms with Crippen LogP contribution in [0.3, 0.4) is 0 Å². The number of Topliss-reactive ketones (excluding diaryl/α,β-unsaturated/α-hetero) is 1. The highest BCUT2D eigenvalue weighted by Gasteiger charge is 2.46. The fraction of sp³-hybridized carbons (Fsp3) is 0.0833. The highest BCUT2D eigenvalue weighted by Crippen LogP contribution is 2.42. The van der Waals surface area contributed by atoms with E-state index in [4.69, 9.17) is 16.3 Å². The van der Waals surface area contributed by atoms with E-state index in [1.54, 1.807) is 79.9 Å². The minimum Gasteiger partial charge on any atom is -0.507 e. The molecule has 0 aliphatic carbocycles. The lowest BCUT2D eigenvalue weighted by molar-refractivity contribution is -0.132. The van der Waals surface area contributed by atoms with Crippen molar-refractivity contribution < 1.29 is 19.4 Å². The summed E-state index contributed by atoms with van der Waals surface area (Å²) in [7, 11) is 1.56. The topological polar surface area (TPSA) is 66.8 Å². The number of methoxy groups -OCH3 is 1. The van der Waals surface area contributed by atoms with Crippen LogP contribution < -0.4 is 9.64 Å². The number of aliphatic hydroxyl groups excluding tert-OH is 1. The van der Waals surface area contributed by atoms with Crippen LogP contribution in [0.1, 0.15) is 17.2 Å². The van der Waals surface area contributed by atoms with E-state index in [0.29, 0.717) is 27.6 Å². The van der Waals surface area contributed by atoms with Crippen LogP contribution in [0.25, 0.3) is 5.76 Å². The largest absolute Gasteiger partial charge is 0.507 e. The molecule has 1 fully saturated rings. The monoisotopic (exact) mass is 419 g/mol. The zero-order chi connectivity index (χ0) is 21.3. The first-order chi connectivity index (χ1) is 14.5. The molecule has 1 aliphatic heterocycles. The van der Waals surface area contributed by atoms with Crippen molar-refractivity contribution in [2.45, 2.75) is 6.04 Å². The third kappa shape index (κ3) is 3.44. The first-order valence-electron chi connectivity index (χ1n) is 9.27. The lowest BCUT2D eigenvalue weighted by atomic mass is 9.95. The second-order valence-corrected chi connectivity index (χ2v) is 7.22. The summed E-state index contributed by atoms with van der Waals surface area (Å²) >= 11 is 5.95. The Morgan fingerprint density at radius 2 is 1.57 bits per heavy atom. The first-order valence-corrected chi connectivity index (χ1v) is 9.65. The van der Waals surface area contributed by atoms with Crippen molar-refractivity contribution in [3.8, 4) is 5.75 Å². The second kappa shape index (κ2) is 8.05. The summed E-state index contributed by atoms with van der Waals surface area (Å²) in [6.45, 7) is 0. The van der Waals surface area contributed by atoms with E-state index in [2.05, 4.69) is 0 Å². The maximum absolute atomic E-state index is 13.0. The second-order valence-electron chi connectivity index (χ2n) is 6.78. The lowest BCUT2D eigenvalue weighted by Gasteiger charge is -2.25. The minimum absolute atomic E-state index is 0.0244. The van der Waals surface area contributed by atoms with Crippen LogP contribution in [0, 0.1) is 0 Å². The molecule has 0 spiro atoms. The number of aliphatic hydroxyl groups is 1. The summed E-state index contributed by atoms with van der Waals surface area (Å²) in [6, 6.07) is 21.7. The number of ether oxygens (including phenoxy) is 1. The molecule has 1 unspecified atom stereocenters. The number of hydrogen-bond acceptors (Lipinski definition) is 4. The van der Waals surface area contributed by atoms with Gasteiger partial charge in [-0.15, -0.1) is 0 Å². The van der Waals surface area contributed by atoms with Gasteiger partial charge >= 0.3 is 0 Å². The Morgan fingerprint density at radius 1 is 0.933 bits per heavy atom. The molecule has 4 rings (SSSR count). The number of benzene rings is 3. The number of anilines is 1. The summed E-state index contributed by atoms with van der Waals surface area (Å²) in [5, 5.41) is 11.5. The fourth-order valence-corrected chi connectivity index (χ4v) is 3.68. The molecule has 1 aliphatic rings. The van der Waals surface area contributed by atoms with Gasteiger partial charge in [0.2, 0.25) is 0 Å². The average molecular weight is 420 g/mol. The minimum atomic E-state index is -0.783. The summed E-state index contributed by atoms with van der Waals surface area (Å²) < 4.78 is 5.22. The molecule has 3 aromatic rings. The van der Waals surface area contributed by atoms with Crippen molar-refractivity contribution >= 4 is 34.7 Å². The number of ketones is 1. The number of rotatable bonds is 4. The normalized spacial score (nSPS) is 17.9. The molecule has 0 bridgehead atoms. The third-order valence-electron chi connectivity index (χ3n) is 5.03. The first kappa shape index (κ1) is 19.7. The Bertz CT molecular complexity index is 1120. The highest BCUT2D eigenvalue weighted by molar-refractivity contribution is 6.51. The van der Waals surface area contributed by atoms with Crippen LogP contribution in [-0.4, -0.2) is 23.9 Å². The Kier molecular flexibility index (Phi) is 5.29. The van der Waals surface area contributed by atoms with Gasteiger partial charge in [0.15, 0.2) is 0 Å². The van der Waals surface area contributed by atoms with Crippen LogP contribution in [0.4, 0.5) is 5.69 Å². The Hall–Kier alpha value is -3.57. The van der Waals surface area contributed by atoms with Crippen molar-refractivity contribution in [1.82, 2.24) is 0 Å². The molecule has 1 heterocycles. The number of para-hydroxylation sites is 1. The van der Waals surface area contributed by atoms with Crippen LogP contribution in [-0.2, 0) is 9.59 Å². The van der Waals surface area contributed by atoms with Gasteiger partial charge in [0.25, 0.3) is 11.7 Å². The smallest absolute Gasteiger partial charge is 0.300 e. The van der Waals surface area contributed by atoms with Crippen LogP contribution >= 0.6 is 11.6 Å². The molecule has 1 atom stereocenters. The average Bonchev–Trinajstić information content (AvgIpc) is 3.05. The number of nitrogens with zero attached hydrogens (tertiary/aromatic N) is 1. The summed E-state index contributed by atoms with van der Waals surface area (Å²) in [5.41, 5.74) is 1.67. The molecule has 1 amide bonds. The van der Waals surface area contributed by atoms with E-state index >= 15 is 0 Å². The molecular weight excluding hydrogens is 402 g/mol. The number of carbonyl (C=O) groups excluding carboxylic acids is 2. The molecule has 3 aromatic carbocycles. The number of halogens is 1. The van der Waals surface area contributed by atoms with Gasteiger partial charge in [0, 0.05) is 16.3 Å². The van der Waals surface area contributed by atoms with Gasteiger partial charge in [0.1, 0.15) is 11.5 Å². The Balaban J connectivity index is 1.92. The van der Waals surface area contributed by atoms with Gasteiger partial charge in [0.05, 0.1) is 18.7 Å². The predicted octanol–water partition coefficient (Wildman–Crippen LogP) is 4.97. The van der Waals surface area contributed by atoms with E-state index in [1.165, 1.54) is 4.90 Å². The van der Waals surface area contributed by atoms with Gasteiger partial charge < -0.3 is 9.84 Å². The fourth-order valence-electron chi connectivity index (χ4n) is 3.55. The van der Waals surface area contributed by atoms with Crippen molar-refractivity contribution in [2.24, 2.45) is 0 Å². The van der Waals surface area contributed by atoms with Crippen molar-refractivity contribution in [2.75, 3.05) is 12.0 Å². The Labute approximate surface area is 178 Å². The van der Waals surface area contributed by atoms with E-state index in [1.807, 2.05) is 6.07 Å². The van der Waals surface area contributed by atoms with Crippen LogP contribution in [0.2, 0.25) is 5.02 Å². The lowest BCUT2D eigenvalue weighted by Crippen LogP contribution is -2.29. The zero-order valence-corrected chi connectivity index (χ0v) is 16.8. The quantitative estimate of drug-likeness (QED) is 0.368. The molecular formula is C24H18ClNO4. The van der Waals surface area contributed by atoms with Gasteiger partial charge in [-0.3, -0.25) is 14.5 Å². The number of carbonyl (C=O) groups is 2. The van der Waals surface area contributed by atoms with E-state index in [-0.39, 0.29) is 11.3 Å². The van der Waals surface area contributed by atoms with Crippen molar-refractivity contribution in [1.29, 1.82) is 0 Å². The van der Waals surface area contributed by atoms with Crippen LogP contribution in [0.5, 0.6) is 5.75 Å². The molecule has 6 heteroatoms. The zero-order valence-electron chi connectivity index (χ0n) is 16.1. The maximum Gasteiger partial charge on any atom is 0.300 e. The van der Waals surface area contributed by atoms with E-state index in [0.717, 1.165) is 0 Å². The van der Waals surface area contributed by atoms with E-state index < -0.39 is 17.7 Å². The standard InChI is InChI=1S/C24H18ClNO4/c1-30-19-13-9-15(10-14-19)21-20(22(27)16-7-11-17(25)12-8-16)23(28)24(29)26(21)18-5-3-2-4-6-18/h2-14,21,27H,1H3. The molecule has 1 saturated heterocycles. The predicted molar refractivity (Wildman–Crippen MR) is 116 cm³/mol. The maximum atomic E-state index is 13.0. The molecule has 5 nitrogen and oxygen atoms in total. The Morgan fingerprint density at radius 3 is 2.17 bits per heavy atom. The summed E-state index contributed by atoms with van der Waals surface area (Å²) in [6.07, 6.45) is 0. The number of hydrogen-bond donors (Lipinski definition) is 1. The molecule has 0 saturated carbocycles. The van der Waals surface area contributed by atoms with Gasteiger partial charge in [-0.2, -0.15) is 0 Å².